The van der Waals surface area contributed by atoms with Crippen LogP contribution in [0.25, 0.3) is 121 Å². The van der Waals surface area contributed by atoms with Crippen LogP contribution in [0.5, 0.6) is 0 Å². The van der Waals surface area contributed by atoms with E-state index in [1.54, 1.807) is 12.1 Å². The summed E-state index contributed by atoms with van der Waals surface area (Å²) in [5, 5.41) is 42.0. The van der Waals surface area contributed by atoms with Crippen LogP contribution in [0.3, 0.4) is 0 Å². The molecule has 0 bridgehead atoms. The summed E-state index contributed by atoms with van der Waals surface area (Å²) in [5.41, 5.74) is 16.3. The van der Waals surface area contributed by atoms with Crippen molar-refractivity contribution in [3.05, 3.63) is 168 Å². The highest BCUT2D eigenvalue weighted by Crippen LogP contribution is 2.57. The van der Waals surface area contributed by atoms with E-state index in [0.29, 0.717) is 16.7 Å². The van der Waals surface area contributed by atoms with Crippen molar-refractivity contribution in [2.45, 2.75) is 6.92 Å². The maximum Gasteiger partial charge on any atom is 0.0998 e. The molecule has 0 N–H and O–H groups in total. The van der Waals surface area contributed by atoms with Gasteiger partial charge in [0.05, 0.1) is 34.9 Å². The van der Waals surface area contributed by atoms with E-state index in [2.05, 4.69) is 140 Å². The van der Waals surface area contributed by atoms with Gasteiger partial charge >= 0.3 is 0 Å². The van der Waals surface area contributed by atoms with E-state index < -0.39 is 0 Å². The standard InChI is InChI=1S/C54H27N3/c1-29-22-30(26-55)15-17-35(29)51-40-20-18-37-36(45(40)24-47-38-10-2-6-32-8-4-12-42(49(32)38)53(47)51)19-21-41-46(37)25-48-39-11-3-7-33-9-5-13-43(50(33)39)54(48)52(41)44-23-31(27-56)14-16-34(44)28-57/h2-25H,1H3. The predicted molar refractivity (Wildman–Crippen MR) is 233 cm³/mol. The maximum absolute atomic E-state index is 10.5. The molecule has 0 radical (unpaired) electrons. The minimum absolute atomic E-state index is 0.519. The smallest absolute Gasteiger partial charge is 0.0998 e. The highest BCUT2D eigenvalue weighted by atomic mass is 14.3. The molecule has 0 amide bonds. The fraction of sp³-hybridized carbons (Fsp3) is 0.0185. The lowest BCUT2D eigenvalue weighted by Gasteiger charge is -2.20. The van der Waals surface area contributed by atoms with E-state index in [-0.39, 0.29) is 0 Å². The number of benzene rings is 10. The molecule has 57 heavy (non-hydrogen) atoms. The van der Waals surface area contributed by atoms with Crippen molar-refractivity contribution in [3.8, 4) is 85.0 Å². The normalized spacial score (nSPS) is 11.9. The molecule has 0 fully saturated rings. The molecule has 0 saturated carbocycles. The van der Waals surface area contributed by atoms with Crippen molar-refractivity contribution < 1.29 is 0 Å². The molecule has 258 valence electrons. The molecule has 3 heteroatoms. The molecule has 2 aliphatic rings. The molecule has 0 aromatic heterocycles. The van der Waals surface area contributed by atoms with Gasteiger partial charge in [0.1, 0.15) is 0 Å². The molecule has 2 aliphatic carbocycles. The number of nitriles is 3. The number of nitrogens with zero attached hydrogens (tertiary/aromatic N) is 3. The Morgan fingerprint density at radius 2 is 0.807 bits per heavy atom. The van der Waals surface area contributed by atoms with Crippen molar-refractivity contribution in [1.82, 2.24) is 0 Å². The van der Waals surface area contributed by atoms with Crippen LogP contribution in [0.1, 0.15) is 22.3 Å². The number of fused-ring (bicyclic) bond motifs is 11. The van der Waals surface area contributed by atoms with Gasteiger partial charge in [0.25, 0.3) is 0 Å². The molecule has 12 rings (SSSR count). The largest absolute Gasteiger partial charge is 0.192 e. The molecule has 0 unspecified atom stereocenters. The minimum Gasteiger partial charge on any atom is -0.192 e. The third kappa shape index (κ3) is 4.06. The molecule has 3 nitrogen and oxygen atoms in total. The Labute approximate surface area is 328 Å². The first-order chi connectivity index (χ1) is 28.1. The molecule has 0 atom stereocenters. The fourth-order valence-electron chi connectivity index (χ4n) is 10.2. The molecule has 10 aromatic carbocycles. The van der Waals surface area contributed by atoms with Gasteiger partial charge in [0, 0.05) is 5.56 Å². The Morgan fingerprint density at radius 3 is 1.32 bits per heavy atom. The van der Waals surface area contributed by atoms with Gasteiger partial charge in [-0.15, -0.1) is 0 Å². The van der Waals surface area contributed by atoms with Crippen molar-refractivity contribution >= 4 is 53.9 Å². The lowest BCUT2D eigenvalue weighted by atomic mass is 9.82. The topological polar surface area (TPSA) is 71.4 Å². The quantitative estimate of drug-likeness (QED) is 0.167. The number of hydrogen-bond acceptors (Lipinski definition) is 3. The van der Waals surface area contributed by atoms with Gasteiger partial charge in [0.15, 0.2) is 0 Å². The lowest BCUT2D eigenvalue weighted by molar-refractivity contribution is 1.42. The summed E-state index contributed by atoms with van der Waals surface area (Å²) in [6, 6.07) is 58.5. The Bertz CT molecular complexity index is 3670. The third-order valence-corrected chi connectivity index (χ3v) is 12.5. The average Bonchev–Trinajstić information content (AvgIpc) is 3.75. The third-order valence-electron chi connectivity index (χ3n) is 12.5. The van der Waals surface area contributed by atoms with E-state index >= 15 is 0 Å². The van der Waals surface area contributed by atoms with E-state index in [0.717, 1.165) is 71.3 Å². The number of rotatable bonds is 2. The van der Waals surface area contributed by atoms with Gasteiger partial charge in [-0.1, -0.05) is 103 Å². The van der Waals surface area contributed by atoms with Crippen LogP contribution in [0.4, 0.5) is 0 Å². The summed E-state index contributed by atoms with van der Waals surface area (Å²) < 4.78 is 0. The van der Waals surface area contributed by atoms with E-state index in [9.17, 15) is 15.8 Å². The van der Waals surface area contributed by atoms with Crippen LogP contribution in [0.2, 0.25) is 0 Å². The molecule has 0 spiro atoms. The fourth-order valence-corrected chi connectivity index (χ4v) is 10.2. The molecule has 0 aliphatic heterocycles. The van der Waals surface area contributed by atoms with Gasteiger partial charge in [-0.25, -0.2) is 0 Å². The summed E-state index contributed by atoms with van der Waals surface area (Å²) in [6.07, 6.45) is 0. The molecular formula is C54H27N3. The Morgan fingerprint density at radius 1 is 0.333 bits per heavy atom. The molecule has 0 heterocycles. The van der Waals surface area contributed by atoms with Crippen LogP contribution in [-0.2, 0) is 0 Å². The van der Waals surface area contributed by atoms with Gasteiger partial charge in [-0.05, 0) is 170 Å². The van der Waals surface area contributed by atoms with Crippen LogP contribution >= 0.6 is 0 Å². The SMILES string of the molecule is Cc1cc(C#N)ccc1-c1c2c(cc3c1ccc1c4cc5c(c(-c6cc(C#N)ccc6C#N)c4ccc31)-c1cccc3cccc-5c13)-c1cccc3cccc-2c13. The van der Waals surface area contributed by atoms with Gasteiger partial charge in [-0.3, -0.25) is 0 Å². The van der Waals surface area contributed by atoms with Crippen LogP contribution in [-0.4, -0.2) is 0 Å². The summed E-state index contributed by atoms with van der Waals surface area (Å²) in [6.45, 7) is 2.11. The second kappa shape index (κ2) is 11.3. The van der Waals surface area contributed by atoms with Crippen LogP contribution in [0.15, 0.2) is 146 Å². The van der Waals surface area contributed by atoms with Gasteiger partial charge in [0.2, 0.25) is 0 Å². The minimum atomic E-state index is 0.519. The predicted octanol–water partition coefficient (Wildman–Crippen LogP) is 14.0. The Kier molecular flexibility index (Phi) is 6.19. The zero-order valence-corrected chi connectivity index (χ0v) is 30.7. The van der Waals surface area contributed by atoms with Gasteiger partial charge < -0.3 is 0 Å². The lowest BCUT2D eigenvalue weighted by Crippen LogP contribution is -1.95. The zero-order valence-electron chi connectivity index (χ0n) is 30.7. The van der Waals surface area contributed by atoms with Crippen molar-refractivity contribution in [1.29, 1.82) is 15.8 Å². The van der Waals surface area contributed by atoms with E-state index in [1.165, 1.54) is 54.9 Å². The number of hydrogen-bond donors (Lipinski definition) is 0. The van der Waals surface area contributed by atoms with E-state index in [1.807, 2.05) is 18.2 Å². The average molecular weight is 718 g/mol. The first-order valence-electron chi connectivity index (χ1n) is 19.1. The Balaban J connectivity index is 1.25. The maximum atomic E-state index is 10.5. The molecule has 0 saturated heterocycles. The van der Waals surface area contributed by atoms with Crippen LogP contribution < -0.4 is 0 Å². The van der Waals surface area contributed by atoms with Crippen molar-refractivity contribution in [2.24, 2.45) is 0 Å². The zero-order chi connectivity index (χ0) is 38.1. The molecule has 10 aromatic rings. The van der Waals surface area contributed by atoms with Crippen LogP contribution in [0, 0.1) is 40.9 Å². The van der Waals surface area contributed by atoms with Gasteiger partial charge in [-0.2, -0.15) is 15.8 Å². The van der Waals surface area contributed by atoms with Crippen molar-refractivity contribution in [2.75, 3.05) is 0 Å². The summed E-state index contributed by atoms with van der Waals surface area (Å²) in [7, 11) is 0. The summed E-state index contributed by atoms with van der Waals surface area (Å²) in [5.74, 6) is 0. The highest BCUT2D eigenvalue weighted by molar-refractivity contribution is 6.30. The Hall–Kier alpha value is -8.03. The summed E-state index contributed by atoms with van der Waals surface area (Å²) in [4.78, 5) is 0. The first-order valence-corrected chi connectivity index (χ1v) is 19.1. The van der Waals surface area contributed by atoms with Crippen molar-refractivity contribution in [3.63, 3.8) is 0 Å². The monoisotopic (exact) mass is 717 g/mol. The second-order valence-corrected chi connectivity index (χ2v) is 15.3. The summed E-state index contributed by atoms with van der Waals surface area (Å²) >= 11 is 0. The second-order valence-electron chi connectivity index (χ2n) is 15.3. The highest BCUT2D eigenvalue weighted by Gasteiger charge is 2.30. The van der Waals surface area contributed by atoms with E-state index in [4.69, 9.17) is 0 Å². The first kappa shape index (κ1) is 31.3. The number of aryl methyl sites for hydroxylation is 1. The molecular weight excluding hydrogens is 691 g/mol.